The van der Waals surface area contributed by atoms with Gasteiger partial charge in [-0.15, -0.1) is 0 Å². The van der Waals surface area contributed by atoms with Crippen LogP contribution in [0.1, 0.15) is 5.56 Å². The number of hydrogen-bond donors (Lipinski definition) is 4. The third kappa shape index (κ3) is 4.85. The van der Waals surface area contributed by atoms with Crippen LogP contribution in [-0.4, -0.2) is 26.8 Å². The molecule has 30 heavy (non-hydrogen) atoms. The molecule has 0 radical (unpaired) electrons. The van der Waals surface area contributed by atoms with Crippen LogP contribution in [0.4, 0.5) is 34.5 Å². The van der Waals surface area contributed by atoms with Crippen molar-refractivity contribution in [3.8, 4) is 0 Å². The highest BCUT2D eigenvalue weighted by Gasteiger charge is 2.10. The van der Waals surface area contributed by atoms with E-state index in [2.05, 4.69) is 31.3 Å². The van der Waals surface area contributed by atoms with Gasteiger partial charge in [0.2, 0.25) is 5.95 Å². The van der Waals surface area contributed by atoms with E-state index in [1.807, 2.05) is 81.1 Å². The van der Waals surface area contributed by atoms with E-state index < -0.39 is 0 Å². The van der Waals surface area contributed by atoms with Crippen LogP contribution in [0.15, 0.2) is 73.2 Å². The Labute approximate surface area is 175 Å². The van der Waals surface area contributed by atoms with Gasteiger partial charge in [-0.1, -0.05) is 24.3 Å². The zero-order chi connectivity index (χ0) is 20.8. The molecule has 0 amide bonds. The quantitative estimate of drug-likeness (QED) is 0.349. The van der Waals surface area contributed by atoms with E-state index in [1.54, 1.807) is 10.9 Å². The fourth-order valence-electron chi connectivity index (χ4n) is 2.96. The van der Waals surface area contributed by atoms with Crippen molar-refractivity contribution >= 4 is 34.5 Å². The standard InChI is InChI=1S/C22H24N8/c1-23-18-9-6-10-19(11-18)27-21-16(12-24-17-7-4-3-5-8-17)13-25-22(29-21)28-20-14-26-30(2)15-20/h3-11,13-15,23-24H,12H2,1-2H3,(H2,25,27,28,29). The molecule has 0 aliphatic rings. The maximum Gasteiger partial charge on any atom is 0.229 e. The van der Waals surface area contributed by atoms with E-state index in [-0.39, 0.29) is 0 Å². The topological polar surface area (TPSA) is 91.7 Å². The number of benzene rings is 2. The van der Waals surface area contributed by atoms with Gasteiger partial charge in [-0.25, -0.2) is 4.98 Å². The highest BCUT2D eigenvalue weighted by atomic mass is 15.3. The van der Waals surface area contributed by atoms with Gasteiger partial charge in [0.1, 0.15) is 5.82 Å². The molecule has 0 aliphatic heterocycles. The lowest BCUT2D eigenvalue weighted by Crippen LogP contribution is -2.08. The largest absolute Gasteiger partial charge is 0.388 e. The van der Waals surface area contributed by atoms with Crippen molar-refractivity contribution < 1.29 is 0 Å². The molecule has 4 rings (SSSR count). The number of rotatable bonds is 8. The fraction of sp³-hybridized carbons (Fsp3) is 0.136. The van der Waals surface area contributed by atoms with Crippen LogP contribution in [0.3, 0.4) is 0 Å². The number of para-hydroxylation sites is 1. The summed E-state index contributed by atoms with van der Waals surface area (Å²) in [4.78, 5) is 9.19. The Balaban J connectivity index is 1.60. The number of nitrogens with zero attached hydrogens (tertiary/aromatic N) is 4. The number of hydrogen-bond acceptors (Lipinski definition) is 7. The van der Waals surface area contributed by atoms with Crippen molar-refractivity contribution in [3.63, 3.8) is 0 Å². The smallest absolute Gasteiger partial charge is 0.229 e. The predicted octanol–water partition coefficient (Wildman–Crippen LogP) is 4.35. The van der Waals surface area contributed by atoms with Gasteiger partial charge in [0, 0.05) is 55.7 Å². The lowest BCUT2D eigenvalue weighted by atomic mass is 10.2. The Hall–Kier alpha value is -4.07. The molecule has 0 atom stereocenters. The van der Waals surface area contributed by atoms with Crippen LogP contribution in [0.5, 0.6) is 0 Å². The summed E-state index contributed by atoms with van der Waals surface area (Å²) in [6.07, 6.45) is 5.43. The third-order valence-electron chi connectivity index (χ3n) is 4.50. The Morgan fingerprint density at radius 2 is 1.67 bits per heavy atom. The molecule has 0 spiro atoms. The van der Waals surface area contributed by atoms with Crippen LogP contribution < -0.4 is 21.3 Å². The van der Waals surface area contributed by atoms with Crippen molar-refractivity contribution in [2.45, 2.75) is 6.54 Å². The minimum absolute atomic E-state index is 0.499. The van der Waals surface area contributed by atoms with Crippen LogP contribution in [0.2, 0.25) is 0 Å². The van der Waals surface area contributed by atoms with Crippen LogP contribution >= 0.6 is 0 Å². The fourth-order valence-corrected chi connectivity index (χ4v) is 2.96. The lowest BCUT2D eigenvalue weighted by Gasteiger charge is -2.14. The third-order valence-corrected chi connectivity index (χ3v) is 4.50. The molecule has 0 saturated heterocycles. The summed E-state index contributed by atoms with van der Waals surface area (Å²) in [5.41, 5.74) is 4.78. The Morgan fingerprint density at radius 3 is 2.43 bits per heavy atom. The average molecular weight is 400 g/mol. The zero-order valence-electron chi connectivity index (χ0n) is 16.9. The summed E-state index contributed by atoms with van der Waals surface area (Å²) in [6.45, 7) is 0.589. The maximum absolute atomic E-state index is 4.71. The number of nitrogens with one attached hydrogen (secondary N) is 4. The van der Waals surface area contributed by atoms with Crippen molar-refractivity contribution in [2.24, 2.45) is 7.05 Å². The first-order valence-electron chi connectivity index (χ1n) is 9.65. The molecule has 8 nitrogen and oxygen atoms in total. The molecule has 2 heterocycles. The first-order chi connectivity index (χ1) is 14.7. The molecule has 8 heteroatoms. The molecule has 4 N–H and O–H groups in total. The molecular weight excluding hydrogens is 376 g/mol. The second kappa shape index (κ2) is 8.95. The first kappa shape index (κ1) is 19.3. The molecule has 152 valence electrons. The van der Waals surface area contributed by atoms with Crippen molar-refractivity contribution in [1.82, 2.24) is 19.7 Å². The van der Waals surface area contributed by atoms with Gasteiger partial charge in [0.25, 0.3) is 0 Å². The van der Waals surface area contributed by atoms with E-state index in [9.17, 15) is 0 Å². The number of aryl methyl sites for hydroxylation is 1. The van der Waals surface area contributed by atoms with E-state index in [1.165, 1.54) is 0 Å². The normalized spacial score (nSPS) is 10.5. The molecule has 0 bridgehead atoms. The second-order valence-corrected chi connectivity index (χ2v) is 6.77. The summed E-state index contributed by atoms with van der Waals surface area (Å²) < 4.78 is 1.73. The molecule has 2 aromatic carbocycles. The summed E-state index contributed by atoms with van der Waals surface area (Å²) in [6, 6.07) is 18.1. The first-order valence-corrected chi connectivity index (χ1v) is 9.65. The molecule has 0 saturated carbocycles. The van der Waals surface area contributed by atoms with Gasteiger partial charge in [-0.2, -0.15) is 10.1 Å². The van der Waals surface area contributed by atoms with E-state index in [0.29, 0.717) is 12.5 Å². The van der Waals surface area contributed by atoms with Gasteiger partial charge in [0.15, 0.2) is 0 Å². The Morgan fingerprint density at radius 1 is 0.867 bits per heavy atom. The SMILES string of the molecule is CNc1cccc(Nc2nc(Nc3cnn(C)c3)ncc2CNc2ccccc2)c1. The lowest BCUT2D eigenvalue weighted by molar-refractivity contribution is 0.768. The zero-order valence-corrected chi connectivity index (χ0v) is 16.9. The molecular formula is C22H24N8. The number of anilines is 6. The molecule has 0 unspecified atom stereocenters. The van der Waals surface area contributed by atoms with Crippen LogP contribution in [0, 0.1) is 0 Å². The Bertz CT molecular complexity index is 1110. The predicted molar refractivity (Wildman–Crippen MR) is 122 cm³/mol. The monoisotopic (exact) mass is 400 g/mol. The molecule has 0 aliphatic carbocycles. The van der Waals surface area contributed by atoms with Gasteiger partial charge in [0.05, 0.1) is 11.9 Å². The number of aromatic nitrogens is 4. The highest BCUT2D eigenvalue weighted by Crippen LogP contribution is 2.24. The van der Waals surface area contributed by atoms with Crippen LogP contribution in [0.25, 0.3) is 0 Å². The van der Waals surface area contributed by atoms with Crippen molar-refractivity contribution in [3.05, 3.63) is 78.8 Å². The summed E-state index contributed by atoms with van der Waals surface area (Å²) in [5, 5.41) is 17.4. The molecule has 4 aromatic rings. The van der Waals surface area contributed by atoms with Crippen LogP contribution in [-0.2, 0) is 13.6 Å². The van der Waals surface area contributed by atoms with E-state index >= 15 is 0 Å². The Kier molecular flexibility index (Phi) is 5.75. The summed E-state index contributed by atoms with van der Waals surface area (Å²) in [5.74, 6) is 1.23. The van der Waals surface area contributed by atoms with E-state index in [4.69, 9.17) is 4.98 Å². The van der Waals surface area contributed by atoms with Gasteiger partial charge >= 0.3 is 0 Å². The minimum atomic E-state index is 0.499. The molecule has 2 aromatic heterocycles. The van der Waals surface area contributed by atoms with Gasteiger partial charge in [-0.05, 0) is 30.3 Å². The summed E-state index contributed by atoms with van der Waals surface area (Å²) in [7, 11) is 3.76. The van der Waals surface area contributed by atoms with E-state index in [0.717, 1.165) is 34.1 Å². The second-order valence-electron chi connectivity index (χ2n) is 6.77. The van der Waals surface area contributed by atoms with Crippen molar-refractivity contribution in [1.29, 1.82) is 0 Å². The van der Waals surface area contributed by atoms with Gasteiger partial charge in [-0.3, -0.25) is 4.68 Å². The minimum Gasteiger partial charge on any atom is -0.388 e. The molecule has 0 fully saturated rings. The highest BCUT2D eigenvalue weighted by molar-refractivity contribution is 5.66. The maximum atomic E-state index is 4.71. The summed E-state index contributed by atoms with van der Waals surface area (Å²) >= 11 is 0. The average Bonchev–Trinajstić information content (AvgIpc) is 3.18. The van der Waals surface area contributed by atoms with Crippen molar-refractivity contribution in [2.75, 3.05) is 28.3 Å². The van der Waals surface area contributed by atoms with Gasteiger partial charge < -0.3 is 21.3 Å².